The molecular weight excluding hydrogens is 478 g/mol. The molecule has 0 spiro atoms. The van der Waals surface area contributed by atoms with Gasteiger partial charge in [0, 0.05) is 8.95 Å². The minimum atomic E-state index is 0.836. The van der Waals surface area contributed by atoms with Crippen LogP contribution in [0.5, 0.6) is 0 Å². The first kappa shape index (κ1) is 20.6. The van der Waals surface area contributed by atoms with E-state index < -0.39 is 0 Å². The molecule has 0 atom stereocenters. The van der Waals surface area contributed by atoms with Gasteiger partial charge in [0.1, 0.15) is 0 Å². The van der Waals surface area contributed by atoms with E-state index in [1.807, 2.05) is 44.2 Å². The average molecular weight is 499 g/mol. The van der Waals surface area contributed by atoms with Gasteiger partial charge < -0.3 is 0 Å². The summed E-state index contributed by atoms with van der Waals surface area (Å²) in [7, 11) is 0. The SMILES string of the molecule is C/C(=N\c1ccc(C)cc1Br)c1cccc(/C(C)=N/c2ccc(C)cc2Br)n1. The lowest BCUT2D eigenvalue weighted by Crippen LogP contribution is -2.05. The largest absolute Gasteiger partial charge is 0.250 e. The minimum Gasteiger partial charge on any atom is -0.250 e. The summed E-state index contributed by atoms with van der Waals surface area (Å²) < 4.78 is 1.95. The number of rotatable bonds is 4. The first-order valence-electron chi connectivity index (χ1n) is 8.94. The van der Waals surface area contributed by atoms with E-state index in [-0.39, 0.29) is 0 Å². The van der Waals surface area contributed by atoms with Crippen molar-refractivity contribution in [2.24, 2.45) is 9.98 Å². The standard InChI is InChI=1S/C23H21Br2N3/c1-14-8-10-22(18(24)12-14)26-16(3)20-6-5-7-21(28-20)17(4)27-23-11-9-15(2)13-19(23)25/h5-13H,1-4H3/b26-16+,27-17+. The number of hydrogen-bond acceptors (Lipinski definition) is 3. The average Bonchev–Trinajstić information content (AvgIpc) is 2.66. The zero-order valence-electron chi connectivity index (χ0n) is 16.3. The van der Waals surface area contributed by atoms with Gasteiger partial charge in [0.25, 0.3) is 0 Å². The molecule has 3 aromatic rings. The Balaban J connectivity index is 1.93. The highest BCUT2D eigenvalue weighted by Crippen LogP contribution is 2.28. The topological polar surface area (TPSA) is 37.6 Å². The van der Waals surface area contributed by atoms with E-state index in [4.69, 9.17) is 15.0 Å². The van der Waals surface area contributed by atoms with Crippen LogP contribution >= 0.6 is 31.9 Å². The number of aliphatic imine (C=N–C) groups is 2. The van der Waals surface area contributed by atoms with Crippen molar-refractivity contribution < 1.29 is 0 Å². The van der Waals surface area contributed by atoms with Crippen molar-refractivity contribution >= 4 is 54.7 Å². The van der Waals surface area contributed by atoms with Gasteiger partial charge >= 0.3 is 0 Å². The van der Waals surface area contributed by atoms with Crippen molar-refractivity contribution in [2.45, 2.75) is 27.7 Å². The molecule has 2 aromatic carbocycles. The van der Waals surface area contributed by atoms with Gasteiger partial charge in [-0.15, -0.1) is 0 Å². The van der Waals surface area contributed by atoms with Crippen LogP contribution in [0.2, 0.25) is 0 Å². The van der Waals surface area contributed by atoms with Crippen LogP contribution in [0.3, 0.4) is 0 Å². The fourth-order valence-electron chi connectivity index (χ4n) is 2.72. The molecular formula is C23H21Br2N3. The van der Waals surface area contributed by atoms with Crippen LogP contribution in [0.1, 0.15) is 36.4 Å². The van der Waals surface area contributed by atoms with E-state index >= 15 is 0 Å². The summed E-state index contributed by atoms with van der Waals surface area (Å²) in [5, 5.41) is 0. The lowest BCUT2D eigenvalue weighted by atomic mass is 10.2. The van der Waals surface area contributed by atoms with Gasteiger partial charge in [-0.3, -0.25) is 9.98 Å². The van der Waals surface area contributed by atoms with Crippen molar-refractivity contribution in [3.63, 3.8) is 0 Å². The van der Waals surface area contributed by atoms with Crippen LogP contribution in [0.15, 0.2) is 73.5 Å². The second-order valence-electron chi connectivity index (χ2n) is 6.71. The molecule has 142 valence electrons. The second kappa shape index (κ2) is 8.93. The van der Waals surface area contributed by atoms with E-state index in [9.17, 15) is 0 Å². The third-order valence-corrected chi connectivity index (χ3v) is 5.54. The summed E-state index contributed by atoms with van der Waals surface area (Å²) in [4.78, 5) is 14.2. The first-order valence-corrected chi connectivity index (χ1v) is 10.5. The van der Waals surface area contributed by atoms with Crippen molar-refractivity contribution in [1.29, 1.82) is 0 Å². The van der Waals surface area contributed by atoms with Gasteiger partial charge in [-0.1, -0.05) is 18.2 Å². The second-order valence-corrected chi connectivity index (χ2v) is 8.42. The van der Waals surface area contributed by atoms with E-state index in [0.717, 1.165) is 43.1 Å². The number of benzene rings is 2. The molecule has 0 unspecified atom stereocenters. The van der Waals surface area contributed by atoms with Crippen LogP contribution in [-0.4, -0.2) is 16.4 Å². The minimum absolute atomic E-state index is 0.836. The summed E-state index contributed by atoms with van der Waals surface area (Å²) in [6.45, 7) is 8.07. The Morgan fingerprint density at radius 1 is 0.714 bits per heavy atom. The number of aromatic nitrogens is 1. The Hall–Kier alpha value is -2.11. The van der Waals surface area contributed by atoms with E-state index in [0.29, 0.717) is 0 Å². The van der Waals surface area contributed by atoms with Gasteiger partial charge in [0.15, 0.2) is 0 Å². The summed E-state index contributed by atoms with van der Waals surface area (Å²) >= 11 is 7.17. The fourth-order valence-corrected chi connectivity index (χ4v) is 3.88. The van der Waals surface area contributed by atoms with Crippen LogP contribution in [0.25, 0.3) is 0 Å². The van der Waals surface area contributed by atoms with Crippen LogP contribution in [0.4, 0.5) is 11.4 Å². The van der Waals surface area contributed by atoms with Crippen molar-refractivity contribution in [2.75, 3.05) is 0 Å². The lowest BCUT2D eigenvalue weighted by Gasteiger charge is -2.07. The molecule has 0 N–H and O–H groups in total. The number of nitrogens with zero attached hydrogens (tertiary/aromatic N) is 3. The van der Waals surface area contributed by atoms with Crippen LogP contribution in [0, 0.1) is 13.8 Å². The third-order valence-electron chi connectivity index (χ3n) is 4.27. The Morgan fingerprint density at radius 3 is 1.54 bits per heavy atom. The van der Waals surface area contributed by atoms with Crippen molar-refractivity contribution in [1.82, 2.24) is 4.98 Å². The summed E-state index contributed by atoms with van der Waals surface area (Å²) in [5.74, 6) is 0. The number of halogens is 2. The number of aryl methyl sites for hydroxylation is 2. The molecule has 0 saturated carbocycles. The molecule has 0 bridgehead atoms. The van der Waals surface area contributed by atoms with Gasteiger partial charge in [-0.2, -0.15) is 0 Å². The fraction of sp³-hybridized carbons (Fsp3) is 0.174. The molecule has 0 amide bonds. The normalized spacial score (nSPS) is 12.4. The molecule has 5 heteroatoms. The molecule has 1 aromatic heterocycles. The maximum absolute atomic E-state index is 4.77. The monoisotopic (exact) mass is 497 g/mol. The number of pyridine rings is 1. The Labute approximate surface area is 182 Å². The van der Waals surface area contributed by atoms with Gasteiger partial charge in [0.05, 0.1) is 34.2 Å². The maximum Gasteiger partial charge on any atom is 0.0849 e. The van der Waals surface area contributed by atoms with Crippen molar-refractivity contribution in [3.8, 4) is 0 Å². The summed E-state index contributed by atoms with van der Waals surface area (Å²) in [5.41, 5.74) is 7.56. The lowest BCUT2D eigenvalue weighted by molar-refractivity contribution is 1.24. The van der Waals surface area contributed by atoms with Crippen molar-refractivity contribution in [3.05, 3.63) is 86.1 Å². The van der Waals surface area contributed by atoms with Gasteiger partial charge in [-0.25, -0.2) is 4.98 Å². The smallest absolute Gasteiger partial charge is 0.0849 e. The molecule has 0 aliphatic heterocycles. The maximum atomic E-state index is 4.77. The molecule has 0 aliphatic rings. The predicted octanol–water partition coefficient (Wildman–Crippen LogP) is 7.50. The molecule has 3 nitrogen and oxygen atoms in total. The molecule has 0 aliphatic carbocycles. The summed E-state index contributed by atoms with van der Waals surface area (Å²) in [6.07, 6.45) is 0. The van der Waals surface area contributed by atoms with E-state index in [2.05, 4.69) is 70.0 Å². The first-order chi connectivity index (χ1) is 13.3. The Bertz CT molecular complexity index is 1000. The van der Waals surface area contributed by atoms with E-state index in [1.54, 1.807) is 0 Å². The molecule has 0 radical (unpaired) electrons. The zero-order chi connectivity index (χ0) is 20.3. The van der Waals surface area contributed by atoms with Crippen LogP contribution < -0.4 is 0 Å². The van der Waals surface area contributed by atoms with Gasteiger partial charge in [-0.05, 0) is 107 Å². The zero-order valence-corrected chi connectivity index (χ0v) is 19.5. The van der Waals surface area contributed by atoms with Gasteiger partial charge in [0.2, 0.25) is 0 Å². The predicted molar refractivity (Wildman–Crippen MR) is 126 cm³/mol. The highest BCUT2D eigenvalue weighted by Gasteiger charge is 2.07. The third kappa shape index (κ3) is 5.03. The number of hydrogen-bond donors (Lipinski definition) is 0. The molecule has 28 heavy (non-hydrogen) atoms. The van der Waals surface area contributed by atoms with Crippen LogP contribution in [-0.2, 0) is 0 Å². The highest BCUT2D eigenvalue weighted by molar-refractivity contribution is 9.11. The molecule has 0 saturated heterocycles. The quantitative estimate of drug-likeness (QED) is 0.343. The highest BCUT2D eigenvalue weighted by atomic mass is 79.9. The Morgan fingerprint density at radius 2 is 1.14 bits per heavy atom. The van der Waals surface area contributed by atoms with E-state index in [1.165, 1.54) is 11.1 Å². The summed E-state index contributed by atoms with van der Waals surface area (Å²) in [6, 6.07) is 18.2. The Kier molecular flexibility index (Phi) is 6.57. The molecule has 1 heterocycles. The molecule has 3 rings (SSSR count). The molecule has 0 fully saturated rings.